The summed E-state index contributed by atoms with van der Waals surface area (Å²) >= 11 is 0. The van der Waals surface area contributed by atoms with Crippen LogP contribution in [0.5, 0.6) is 0 Å². The van der Waals surface area contributed by atoms with Gasteiger partial charge in [0.2, 0.25) is 0 Å². The number of aliphatic hydroxyl groups excluding tert-OH is 1. The molecular formula is C24H39NO4. The lowest BCUT2D eigenvalue weighted by Crippen LogP contribution is -2.60. The van der Waals surface area contributed by atoms with Crippen LogP contribution in [-0.4, -0.2) is 55.1 Å². The highest BCUT2D eigenvalue weighted by atomic mass is 16.5. The molecule has 3 fully saturated rings. The Labute approximate surface area is 175 Å². The fourth-order valence-corrected chi connectivity index (χ4v) is 6.63. The molecule has 0 aliphatic heterocycles. The molecule has 0 amide bonds. The van der Waals surface area contributed by atoms with E-state index in [-0.39, 0.29) is 40.7 Å². The summed E-state index contributed by atoms with van der Waals surface area (Å²) in [4.78, 5) is 27.5. The van der Waals surface area contributed by atoms with Crippen molar-refractivity contribution in [1.29, 1.82) is 0 Å². The van der Waals surface area contributed by atoms with Crippen molar-refractivity contribution in [3.8, 4) is 0 Å². The van der Waals surface area contributed by atoms with Crippen molar-refractivity contribution in [1.82, 2.24) is 4.90 Å². The molecule has 3 saturated carbocycles. The highest BCUT2D eigenvalue weighted by molar-refractivity contribution is 5.86. The fraction of sp³-hybridized carbons (Fsp3) is 0.833. The van der Waals surface area contributed by atoms with Crippen LogP contribution in [0.3, 0.4) is 0 Å². The quantitative estimate of drug-likeness (QED) is 0.573. The van der Waals surface area contributed by atoms with E-state index in [1.54, 1.807) is 6.08 Å². The highest BCUT2D eigenvalue weighted by Gasteiger charge is 2.61. The number of allylic oxidation sites excluding steroid dienone is 1. The number of rotatable bonds is 4. The van der Waals surface area contributed by atoms with Crippen molar-refractivity contribution < 1.29 is 19.4 Å². The molecule has 1 N–H and O–H groups in total. The molecular weight excluding hydrogens is 366 g/mol. The van der Waals surface area contributed by atoms with Gasteiger partial charge in [0.15, 0.2) is 0 Å². The Morgan fingerprint density at radius 2 is 1.97 bits per heavy atom. The van der Waals surface area contributed by atoms with Gasteiger partial charge in [0.25, 0.3) is 0 Å². The zero-order valence-electron chi connectivity index (χ0n) is 19.0. The summed E-state index contributed by atoms with van der Waals surface area (Å²) in [5.41, 5.74) is 0.905. The minimum absolute atomic E-state index is 0.0168. The maximum Gasteiger partial charge on any atom is 0.330 e. The van der Waals surface area contributed by atoms with Crippen molar-refractivity contribution in [2.75, 3.05) is 27.2 Å². The molecule has 0 heterocycles. The van der Waals surface area contributed by atoms with E-state index in [2.05, 4.69) is 27.7 Å². The maximum atomic E-state index is 13.3. The molecule has 0 radical (unpaired) electrons. The molecule has 0 bridgehead atoms. The SMILES string of the molecule is C[C@@H]1/C(=C/C(=O)OCCN(C)C)CC[C@H]2[C@@H]1C(=O)C[C@H]1C(C)(C)[C@@H](O)CC[C@]21C. The fourth-order valence-electron chi connectivity index (χ4n) is 6.63. The number of carbonyl (C=O) groups is 2. The first kappa shape index (κ1) is 22.5. The van der Waals surface area contributed by atoms with Crippen molar-refractivity contribution in [2.45, 2.75) is 65.9 Å². The number of ketones is 1. The van der Waals surface area contributed by atoms with Gasteiger partial charge >= 0.3 is 5.97 Å². The number of carbonyl (C=O) groups excluding carboxylic acids is 2. The molecule has 29 heavy (non-hydrogen) atoms. The lowest BCUT2D eigenvalue weighted by atomic mass is 9.42. The first-order chi connectivity index (χ1) is 13.5. The molecule has 3 aliphatic carbocycles. The summed E-state index contributed by atoms with van der Waals surface area (Å²) in [6, 6.07) is 0. The number of hydrogen-bond donors (Lipinski definition) is 1. The van der Waals surface area contributed by atoms with E-state index in [0.717, 1.165) is 31.3 Å². The molecule has 0 aromatic carbocycles. The largest absolute Gasteiger partial charge is 0.461 e. The number of likely N-dealkylation sites (N-methyl/N-ethyl adjacent to an activating group) is 1. The minimum atomic E-state index is -0.335. The Morgan fingerprint density at radius 1 is 1.28 bits per heavy atom. The number of esters is 1. The summed E-state index contributed by atoms with van der Waals surface area (Å²) in [7, 11) is 3.90. The number of Topliss-reactive ketones (excluding diaryl/α,β-unsaturated/α-hetero) is 1. The van der Waals surface area contributed by atoms with E-state index >= 15 is 0 Å². The van der Waals surface area contributed by atoms with Gasteiger partial charge in [-0.25, -0.2) is 4.79 Å². The van der Waals surface area contributed by atoms with Crippen molar-refractivity contribution in [3.63, 3.8) is 0 Å². The predicted molar refractivity (Wildman–Crippen MR) is 113 cm³/mol. The zero-order valence-corrected chi connectivity index (χ0v) is 19.0. The molecule has 6 atom stereocenters. The van der Waals surface area contributed by atoms with Crippen LogP contribution < -0.4 is 0 Å². The van der Waals surface area contributed by atoms with Crippen molar-refractivity contribution >= 4 is 11.8 Å². The smallest absolute Gasteiger partial charge is 0.330 e. The van der Waals surface area contributed by atoms with E-state index in [4.69, 9.17) is 4.74 Å². The van der Waals surface area contributed by atoms with Crippen LogP contribution in [0.1, 0.15) is 59.8 Å². The lowest BCUT2D eigenvalue weighted by Gasteiger charge is -2.62. The normalized spacial score (nSPS) is 40.5. The molecule has 5 nitrogen and oxygen atoms in total. The van der Waals surface area contributed by atoms with Gasteiger partial charge in [-0.2, -0.15) is 0 Å². The molecule has 0 unspecified atom stereocenters. The van der Waals surface area contributed by atoms with Gasteiger partial charge in [-0.15, -0.1) is 0 Å². The minimum Gasteiger partial charge on any atom is -0.461 e. The topological polar surface area (TPSA) is 66.8 Å². The molecule has 3 aliphatic rings. The average Bonchev–Trinajstić information content (AvgIpc) is 2.63. The second-order valence-electron chi connectivity index (χ2n) is 10.8. The summed E-state index contributed by atoms with van der Waals surface area (Å²) in [6.45, 7) is 9.82. The van der Waals surface area contributed by atoms with Crippen LogP contribution in [0.15, 0.2) is 11.6 Å². The second kappa shape index (κ2) is 8.14. The molecule has 0 aromatic heterocycles. The Kier molecular flexibility index (Phi) is 6.31. The van der Waals surface area contributed by atoms with E-state index in [0.29, 0.717) is 31.3 Å². The third-order valence-electron chi connectivity index (χ3n) is 8.52. The summed E-state index contributed by atoms with van der Waals surface area (Å²) < 4.78 is 5.34. The Hall–Kier alpha value is -1.20. The third kappa shape index (κ3) is 4.05. The molecule has 3 rings (SSSR count). The summed E-state index contributed by atoms with van der Waals surface area (Å²) in [5.74, 6) is 0.645. The summed E-state index contributed by atoms with van der Waals surface area (Å²) in [5, 5.41) is 10.6. The standard InChI is InChI=1S/C24H39NO4/c1-15-16(13-21(28)29-12-11-25(5)6)7-8-17-22(15)18(26)14-19-23(2,3)20(27)9-10-24(17,19)4/h13,15,17,19-20,22,27H,7-12,14H2,1-6H3/b16-13+/t15-,17+,19+,20+,22-,24-/m1/s1. The van der Waals surface area contributed by atoms with E-state index < -0.39 is 0 Å². The Balaban J connectivity index is 1.78. The molecule has 0 saturated heterocycles. The van der Waals surface area contributed by atoms with Crippen LogP contribution in [0.25, 0.3) is 0 Å². The first-order valence-electron chi connectivity index (χ1n) is 11.2. The monoisotopic (exact) mass is 405 g/mol. The highest BCUT2D eigenvalue weighted by Crippen LogP contribution is 2.63. The van der Waals surface area contributed by atoms with Crippen molar-refractivity contribution in [2.24, 2.45) is 34.5 Å². The van der Waals surface area contributed by atoms with Gasteiger partial charge in [0, 0.05) is 25.0 Å². The molecule has 5 heteroatoms. The van der Waals surface area contributed by atoms with Gasteiger partial charge in [-0.1, -0.05) is 33.3 Å². The van der Waals surface area contributed by atoms with Crippen molar-refractivity contribution in [3.05, 3.63) is 11.6 Å². The van der Waals surface area contributed by atoms with E-state index in [9.17, 15) is 14.7 Å². The number of nitrogens with zero attached hydrogens (tertiary/aromatic N) is 1. The third-order valence-corrected chi connectivity index (χ3v) is 8.52. The average molecular weight is 406 g/mol. The zero-order chi connectivity index (χ0) is 21.6. The van der Waals surface area contributed by atoms with Gasteiger partial charge < -0.3 is 14.7 Å². The summed E-state index contributed by atoms with van der Waals surface area (Å²) in [6.07, 6.45) is 5.44. The maximum absolute atomic E-state index is 13.3. The number of aliphatic hydroxyl groups is 1. The van der Waals surface area contributed by atoms with Crippen LogP contribution in [0.2, 0.25) is 0 Å². The number of fused-ring (bicyclic) bond motifs is 3. The predicted octanol–water partition coefficient (Wildman–Crippen LogP) is 3.46. The van der Waals surface area contributed by atoms with Gasteiger partial charge in [-0.05, 0) is 68.4 Å². The lowest BCUT2D eigenvalue weighted by molar-refractivity contribution is -0.172. The Bertz CT molecular complexity index is 682. The molecule has 0 aromatic rings. The van der Waals surface area contributed by atoms with Gasteiger partial charge in [0.1, 0.15) is 12.4 Å². The first-order valence-corrected chi connectivity index (χ1v) is 11.2. The van der Waals surface area contributed by atoms with Crippen LogP contribution in [-0.2, 0) is 14.3 Å². The second-order valence-corrected chi connectivity index (χ2v) is 10.8. The van der Waals surface area contributed by atoms with Crippen LogP contribution in [0.4, 0.5) is 0 Å². The van der Waals surface area contributed by atoms with Crippen LogP contribution in [0, 0.1) is 34.5 Å². The molecule has 0 spiro atoms. The number of hydrogen-bond acceptors (Lipinski definition) is 5. The van der Waals surface area contributed by atoms with E-state index in [1.807, 2.05) is 19.0 Å². The van der Waals surface area contributed by atoms with E-state index in [1.165, 1.54) is 0 Å². The molecule has 164 valence electrons. The van der Waals surface area contributed by atoms with Crippen LogP contribution >= 0.6 is 0 Å². The Morgan fingerprint density at radius 3 is 2.62 bits per heavy atom. The van der Waals surface area contributed by atoms with Gasteiger partial charge in [-0.3, -0.25) is 4.79 Å². The number of ether oxygens (including phenoxy) is 1. The van der Waals surface area contributed by atoms with Gasteiger partial charge in [0.05, 0.1) is 6.10 Å².